The van der Waals surface area contributed by atoms with Crippen LogP contribution in [0.1, 0.15) is 11.1 Å². The third-order valence-corrected chi connectivity index (χ3v) is 3.68. The fourth-order valence-electron chi connectivity index (χ4n) is 1.72. The predicted octanol–water partition coefficient (Wildman–Crippen LogP) is 4.93. The highest BCUT2D eigenvalue weighted by Crippen LogP contribution is 2.33. The zero-order chi connectivity index (χ0) is 14.7. The topological polar surface area (TPSA) is 35.2 Å². The van der Waals surface area contributed by atoms with E-state index >= 15 is 0 Å². The van der Waals surface area contributed by atoms with E-state index in [1.165, 1.54) is 6.07 Å². The Morgan fingerprint density at radius 3 is 2.55 bits per heavy atom. The molecule has 0 heterocycles. The van der Waals surface area contributed by atoms with Crippen molar-refractivity contribution in [1.29, 1.82) is 0 Å². The first kappa shape index (κ1) is 15.6. The largest absolute Gasteiger partial charge is 0.487 e. The lowest BCUT2D eigenvalue weighted by atomic mass is 10.2. The summed E-state index contributed by atoms with van der Waals surface area (Å²) in [4.78, 5) is 0. The Morgan fingerprint density at radius 1 is 1.15 bits per heavy atom. The Hall–Kier alpha value is -0.810. The van der Waals surface area contributed by atoms with Crippen molar-refractivity contribution in [2.45, 2.75) is 13.2 Å². The van der Waals surface area contributed by atoms with E-state index in [1.807, 2.05) is 0 Å². The Labute approximate surface area is 134 Å². The fourth-order valence-corrected chi connectivity index (χ4v) is 2.64. The maximum Gasteiger partial charge on any atom is 0.142 e. The predicted molar refractivity (Wildman–Crippen MR) is 82.8 cm³/mol. The van der Waals surface area contributed by atoms with Crippen molar-refractivity contribution in [2.75, 3.05) is 0 Å². The van der Waals surface area contributed by atoms with Crippen LogP contribution in [-0.4, -0.2) is 0 Å². The second-order valence-electron chi connectivity index (χ2n) is 4.10. The first-order valence-electron chi connectivity index (χ1n) is 5.76. The molecule has 2 N–H and O–H groups in total. The van der Waals surface area contributed by atoms with E-state index in [4.69, 9.17) is 33.7 Å². The van der Waals surface area contributed by atoms with Gasteiger partial charge in [-0.05, 0) is 24.3 Å². The molecular formula is C14H11BrCl2FNO. The summed E-state index contributed by atoms with van der Waals surface area (Å²) in [6.07, 6.45) is 0. The van der Waals surface area contributed by atoms with E-state index < -0.39 is 0 Å². The molecule has 0 amide bonds. The third-order valence-electron chi connectivity index (χ3n) is 2.69. The van der Waals surface area contributed by atoms with Crippen LogP contribution in [0.2, 0.25) is 10.0 Å². The van der Waals surface area contributed by atoms with Crippen LogP contribution in [0.15, 0.2) is 34.8 Å². The van der Waals surface area contributed by atoms with Crippen molar-refractivity contribution in [3.63, 3.8) is 0 Å². The fraction of sp³-hybridized carbons (Fsp3) is 0.143. The van der Waals surface area contributed by atoms with Crippen LogP contribution < -0.4 is 10.5 Å². The van der Waals surface area contributed by atoms with Gasteiger partial charge in [-0.3, -0.25) is 0 Å². The molecule has 106 valence electrons. The lowest BCUT2D eigenvalue weighted by molar-refractivity contribution is 0.297. The van der Waals surface area contributed by atoms with Crippen molar-refractivity contribution < 1.29 is 9.13 Å². The van der Waals surface area contributed by atoms with Crippen molar-refractivity contribution in [3.05, 3.63) is 61.8 Å². The second kappa shape index (κ2) is 6.76. The minimum atomic E-state index is -0.348. The van der Waals surface area contributed by atoms with E-state index in [1.54, 1.807) is 24.3 Å². The molecule has 0 spiro atoms. The Balaban J connectivity index is 2.22. The van der Waals surface area contributed by atoms with Crippen LogP contribution in [-0.2, 0) is 13.2 Å². The van der Waals surface area contributed by atoms with Crippen LogP contribution in [0.3, 0.4) is 0 Å². The van der Waals surface area contributed by atoms with Crippen molar-refractivity contribution >= 4 is 39.1 Å². The smallest absolute Gasteiger partial charge is 0.142 e. The zero-order valence-corrected chi connectivity index (χ0v) is 13.4. The standard InChI is InChI=1S/C14H11BrCl2FNO/c15-10-2-1-8(13(18)4-10)7-20-14-9(6-19)3-11(16)5-12(14)17/h1-5H,6-7,19H2. The molecule has 0 aliphatic carbocycles. The van der Waals surface area contributed by atoms with Gasteiger partial charge in [-0.2, -0.15) is 0 Å². The third kappa shape index (κ3) is 3.64. The van der Waals surface area contributed by atoms with Crippen LogP contribution in [0.5, 0.6) is 5.75 Å². The summed E-state index contributed by atoms with van der Waals surface area (Å²) in [7, 11) is 0. The summed E-state index contributed by atoms with van der Waals surface area (Å²) in [6.45, 7) is 0.298. The molecule has 0 bridgehead atoms. The molecule has 0 atom stereocenters. The van der Waals surface area contributed by atoms with Crippen LogP contribution in [0.25, 0.3) is 0 Å². The molecule has 0 unspecified atom stereocenters. The van der Waals surface area contributed by atoms with Gasteiger partial charge in [0.15, 0.2) is 0 Å². The van der Waals surface area contributed by atoms with Gasteiger partial charge < -0.3 is 10.5 Å². The van der Waals surface area contributed by atoms with Gasteiger partial charge in [-0.15, -0.1) is 0 Å². The maximum absolute atomic E-state index is 13.7. The average Bonchev–Trinajstić information content (AvgIpc) is 2.38. The summed E-state index contributed by atoms with van der Waals surface area (Å²) in [5, 5.41) is 0.841. The first-order valence-corrected chi connectivity index (χ1v) is 7.31. The van der Waals surface area contributed by atoms with Crippen LogP contribution in [0, 0.1) is 5.82 Å². The van der Waals surface area contributed by atoms with E-state index in [0.29, 0.717) is 31.4 Å². The zero-order valence-electron chi connectivity index (χ0n) is 10.3. The summed E-state index contributed by atoms with van der Waals surface area (Å²) < 4.78 is 20.0. The van der Waals surface area contributed by atoms with Gasteiger partial charge >= 0.3 is 0 Å². The maximum atomic E-state index is 13.7. The average molecular weight is 379 g/mol. The number of benzene rings is 2. The Kier molecular flexibility index (Phi) is 5.27. The molecule has 0 saturated carbocycles. The minimum absolute atomic E-state index is 0.0630. The van der Waals surface area contributed by atoms with Crippen LogP contribution in [0.4, 0.5) is 4.39 Å². The van der Waals surface area contributed by atoms with Gasteiger partial charge in [0.25, 0.3) is 0 Å². The van der Waals surface area contributed by atoms with Crippen molar-refractivity contribution in [3.8, 4) is 5.75 Å². The molecule has 2 aromatic rings. The molecule has 2 rings (SSSR count). The quantitative estimate of drug-likeness (QED) is 0.818. The molecule has 6 heteroatoms. The second-order valence-corrected chi connectivity index (χ2v) is 5.86. The molecular weight excluding hydrogens is 368 g/mol. The molecule has 0 saturated heterocycles. The first-order chi connectivity index (χ1) is 9.51. The van der Waals surface area contributed by atoms with E-state index in [0.717, 1.165) is 0 Å². The number of ether oxygens (including phenoxy) is 1. The number of hydrogen-bond acceptors (Lipinski definition) is 2. The molecule has 20 heavy (non-hydrogen) atoms. The van der Waals surface area contributed by atoms with Crippen molar-refractivity contribution in [1.82, 2.24) is 0 Å². The number of nitrogens with two attached hydrogens (primary N) is 1. The SMILES string of the molecule is NCc1cc(Cl)cc(Cl)c1OCc1ccc(Br)cc1F. The molecule has 0 fully saturated rings. The lowest BCUT2D eigenvalue weighted by Gasteiger charge is -2.13. The number of halogens is 4. The van der Waals surface area contributed by atoms with Gasteiger partial charge in [-0.25, -0.2) is 4.39 Å². The molecule has 0 aliphatic rings. The number of rotatable bonds is 4. The minimum Gasteiger partial charge on any atom is -0.487 e. The van der Waals surface area contributed by atoms with E-state index in [9.17, 15) is 4.39 Å². The van der Waals surface area contributed by atoms with Gasteiger partial charge in [0.2, 0.25) is 0 Å². The van der Waals surface area contributed by atoms with Gasteiger partial charge in [-0.1, -0.05) is 45.2 Å². The summed E-state index contributed by atoms with van der Waals surface area (Å²) in [5.41, 5.74) is 6.74. The molecule has 0 aromatic heterocycles. The van der Waals surface area contributed by atoms with Crippen LogP contribution >= 0.6 is 39.1 Å². The Morgan fingerprint density at radius 2 is 1.90 bits per heavy atom. The number of hydrogen-bond donors (Lipinski definition) is 1. The molecule has 0 aliphatic heterocycles. The monoisotopic (exact) mass is 377 g/mol. The summed E-state index contributed by atoms with van der Waals surface area (Å²) in [5.74, 6) is 0.0830. The molecule has 2 nitrogen and oxygen atoms in total. The molecule has 0 radical (unpaired) electrons. The highest BCUT2D eigenvalue weighted by atomic mass is 79.9. The van der Waals surface area contributed by atoms with E-state index in [-0.39, 0.29) is 19.0 Å². The highest BCUT2D eigenvalue weighted by Gasteiger charge is 2.11. The van der Waals surface area contributed by atoms with Gasteiger partial charge in [0, 0.05) is 27.2 Å². The summed E-state index contributed by atoms with van der Waals surface area (Å²) in [6, 6.07) is 8.02. The Bertz CT molecular complexity index is 637. The summed E-state index contributed by atoms with van der Waals surface area (Å²) >= 11 is 15.2. The normalized spacial score (nSPS) is 10.7. The van der Waals surface area contributed by atoms with Gasteiger partial charge in [0.05, 0.1) is 5.02 Å². The van der Waals surface area contributed by atoms with Crippen molar-refractivity contribution in [2.24, 2.45) is 5.73 Å². The molecule has 2 aromatic carbocycles. The van der Waals surface area contributed by atoms with E-state index in [2.05, 4.69) is 15.9 Å². The lowest BCUT2D eigenvalue weighted by Crippen LogP contribution is -2.04. The highest BCUT2D eigenvalue weighted by molar-refractivity contribution is 9.10. The van der Waals surface area contributed by atoms with Gasteiger partial charge in [0.1, 0.15) is 18.2 Å².